The molecule has 0 saturated carbocycles. The summed E-state index contributed by atoms with van der Waals surface area (Å²) in [6, 6.07) is 15.9. The average Bonchev–Trinajstić information content (AvgIpc) is 2.53. The van der Waals surface area contributed by atoms with Crippen molar-refractivity contribution in [1.82, 2.24) is 0 Å². The van der Waals surface area contributed by atoms with Gasteiger partial charge in [0.15, 0.2) is 6.79 Å². The molecule has 0 heterocycles. The summed E-state index contributed by atoms with van der Waals surface area (Å²) in [7, 11) is 1.60. The molecule has 0 saturated heterocycles. The Labute approximate surface area is 125 Å². The van der Waals surface area contributed by atoms with Gasteiger partial charge in [0.05, 0.1) is 0 Å². The van der Waals surface area contributed by atoms with Crippen LogP contribution in [0.3, 0.4) is 0 Å². The zero-order chi connectivity index (χ0) is 14.9. The highest BCUT2D eigenvalue weighted by molar-refractivity contribution is 5.41. The zero-order valence-electron chi connectivity index (χ0n) is 12.2. The molecular formula is C18H20O3. The lowest BCUT2D eigenvalue weighted by molar-refractivity contribution is 0.0503. The van der Waals surface area contributed by atoms with Crippen molar-refractivity contribution in [3.05, 3.63) is 72.3 Å². The van der Waals surface area contributed by atoms with E-state index in [1.54, 1.807) is 7.11 Å². The Morgan fingerprint density at radius 2 is 1.86 bits per heavy atom. The standard InChI is InChI=1S/C18H20O3/c1-3-7-16-10-11-17(12-18(16)21-14-19-2)20-13-15-8-5-4-6-9-15/h3-6,8-12H,1,7,13-14H2,2H3. The predicted octanol–water partition coefficient (Wildman–Crippen LogP) is 3.98. The van der Waals surface area contributed by atoms with E-state index in [0.717, 1.165) is 29.0 Å². The van der Waals surface area contributed by atoms with Crippen molar-refractivity contribution >= 4 is 0 Å². The molecule has 2 aromatic rings. The largest absolute Gasteiger partial charge is 0.489 e. The monoisotopic (exact) mass is 284 g/mol. The molecule has 0 spiro atoms. The molecule has 0 aliphatic rings. The molecule has 3 heteroatoms. The summed E-state index contributed by atoms with van der Waals surface area (Å²) in [5, 5.41) is 0. The highest BCUT2D eigenvalue weighted by Crippen LogP contribution is 2.26. The van der Waals surface area contributed by atoms with Gasteiger partial charge in [-0.2, -0.15) is 0 Å². The molecule has 0 N–H and O–H groups in total. The quantitative estimate of drug-likeness (QED) is 0.542. The summed E-state index contributed by atoms with van der Waals surface area (Å²) < 4.78 is 16.3. The molecule has 2 rings (SSSR count). The maximum Gasteiger partial charge on any atom is 0.188 e. The van der Waals surface area contributed by atoms with Gasteiger partial charge in [0.2, 0.25) is 0 Å². The first kappa shape index (κ1) is 15.1. The summed E-state index contributed by atoms with van der Waals surface area (Å²) >= 11 is 0. The molecule has 0 aliphatic carbocycles. The number of hydrogen-bond donors (Lipinski definition) is 0. The Morgan fingerprint density at radius 1 is 1.05 bits per heavy atom. The van der Waals surface area contributed by atoms with Crippen LogP contribution in [0.4, 0.5) is 0 Å². The minimum absolute atomic E-state index is 0.215. The number of allylic oxidation sites excluding steroid dienone is 1. The van der Waals surface area contributed by atoms with Crippen LogP contribution in [0.15, 0.2) is 61.2 Å². The fourth-order valence-electron chi connectivity index (χ4n) is 1.95. The molecular weight excluding hydrogens is 264 g/mol. The van der Waals surface area contributed by atoms with Crippen molar-refractivity contribution < 1.29 is 14.2 Å². The molecule has 0 atom stereocenters. The third kappa shape index (κ3) is 4.65. The molecule has 0 aromatic heterocycles. The first-order valence-electron chi connectivity index (χ1n) is 6.85. The third-order valence-electron chi connectivity index (χ3n) is 2.98. The van der Waals surface area contributed by atoms with Crippen LogP contribution >= 0.6 is 0 Å². The van der Waals surface area contributed by atoms with Gasteiger partial charge in [0.1, 0.15) is 18.1 Å². The molecule has 0 aliphatic heterocycles. The first-order valence-corrected chi connectivity index (χ1v) is 6.85. The van der Waals surface area contributed by atoms with Crippen LogP contribution in [0.1, 0.15) is 11.1 Å². The average molecular weight is 284 g/mol. The Bertz CT molecular complexity index is 564. The minimum Gasteiger partial charge on any atom is -0.489 e. The second-order valence-corrected chi connectivity index (χ2v) is 4.59. The Morgan fingerprint density at radius 3 is 2.57 bits per heavy atom. The lowest BCUT2D eigenvalue weighted by atomic mass is 10.1. The van der Waals surface area contributed by atoms with Crippen LogP contribution in [-0.4, -0.2) is 13.9 Å². The van der Waals surface area contributed by atoms with Gasteiger partial charge in [0.25, 0.3) is 0 Å². The summed E-state index contributed by atoms with van der Waals surface area (Å²) in [4.78, 5) is 0. The molecule has 0 bridgehead atoms. The van der Waals surface area contributed by atoms with Crippen molar-refractivity contribution in [2.45, 2.75) is 13.0 Å². The van der Waals surface area contributed by atoms with Crippen LogP contribution in [-0.2, 0) is 17.8 Å². The fraction of sp³-hybridized carbons (Fsp3) is 0.222. The predicted molar refractivity (Wildman–Crippen MR) is 83.6 cm³/mol. The second kappa shape index (κ2) is 8.12. The maximum atomic E-state index is 5.80. The van der Waals surface area contributed by atoms with E-state index in [-0.39, 0.29) is 6.79 Å². The van der Waals surface area contributed by atoms with Gasteiger partial charge < -0.3 is 14.2 Å². The highest BCUT2D eigenvalue weighted by Gasteiger charge is 2.05. The lowest BCUT2D eigenvalue weighted by Crippen LogP contribution is -2.02. The van der Waals surface area contributed by atoms with E-state index < -0.39 is 0 Å². The topological polar surface area (TPSA) is 27.7 Å². The van der Waals surface area contributed by atoms with Crippen molar-refractivity contribution in [1.29, 1.82) is 0 Å². The smallest absolute Gasteiger partial charge is 0.188 e. The number of hydrogen-bond acceptors (Lipinski definition) is 3. The molecule has 3 nitrogen and oxygen atoms in total. The maximum absolute atomic E-state index is 5.80. The minimum atomic E-state index is 0.215. The van der Waals surface area contributed by atoms with E-state index in [2.05, 4.69) is 6.58 Å². The molecule has 21 heavy (non-hydrogen) atoms. The van der Waals surface area contributed by atoms with Crippen LogP contribution in [0.25, 0.3) is 0 Å². The fourth-order valence-corrected chi connectivity index (χ4v) is 1.95. The van der Waals surface area contributed by atoms with Crippen LogP contribution < -0.4 is 9.47 Å². The van der Waals surface area contributed by atoms with Gasteiger partial charge in [0, 0.05) is 13.2 Å². The number of ether oxygens (including phenoxy) is 3. The number of benzene rings is 2. The van der Waals surface area contributed by atoms with Crippen molar-refractivity contribution in [2.24, 2.45) is 0 Å². The van der Waals surface area contributed by atoms with E-state index >= 15 is 0 Å². The molecule has 0 amide bonds. The van der Waals surface area contributed by atoms with Gasteiger partial charge >= 0.3 is 0 Å². The van der Waals surface area contributed by atoms with Crippen LogP contribution in [0.5, 0.6) is 11.5 Å². The Balaban J connectivity index is 2.07. The number of rotatable bonds is 8. The van der Waals surface area contributed by atoms with E-state index in [1.165, 1.54) is 0 Å². The third-order valence-corrected chi connectivity index (χ3v) is 2.98. The van der Waals surface area contributed by atoms with Gasteiger partial charge in [-0.05, 0) is 23.6 Å². The first-order chi connectivity index (χ1) is 10.3. The SMILES string of the molecule is C=CCc1ccc(OCc2ccccc2)cc1OCOC. The lowest BCUT2D eigenvalue weighted by Gasteiger charge is -2.12. The summed E-state index contributed by atoms with van der Waals surface area (Å²) in [6.07, 6.45) is 2.59. The summed E-state index contributed by atoms with van der Waals surface area (Å²) in [5.41, 5.74) is 2.20. The highest BCUT2D eigenvalue weighted by atomic mass is 16.7. The molecule has 110 valence electrons. The molecule has 0 unspecified atom stereocenters. The Hall–Kier alpha value is -2.26. The molecule has 0 radical (unpaired) electrons. The normalized spacial score (nSPS) is 10.1. The zero-order valence-corrected chi connectivity index (χ0v) is 12.2. The van der Waals surface area contributed by atoms with Crippen molar-refractivity contribution in [2.75, 3.05) is 13.9 Å². The number of methoxy groups -OCH3 is 1. The molecule has 2 aromatic carbocycles. The van der Waals surface area contributed by atoms with Gasteiger partial charge in [-0.1, -0.05) is 42.5 Å². The van der Waals surface area contributed by atoms with E-state index in [0.29, 0.717) is 6.61 Å². The Kier molecular flexibility index (Phi) is 5.85. The summed E-state index contributed by atoms with van der Waals surface area (Å²) in [5.74, 6) is 1.54. The van der Waals surface area contributed by atoms with E-state index in [4.69, 9.17) is 14.2 Å². The molecule has 0 fully saturated rings. The van der Waals surface area contributed by atoms with Crippen LogP contribution in [0, 0.1) is 0 Å². The van der Waals surface area contributed by atoms with Crippen molar-refractivity contribution in [3.8, 4) is 11.5 Å². The van der Waals surface area contributed by atoms with Crippen LogP contribution in [0.2, 0.25) is 0 Å². The van der Waals surface area contributed by atoms with E-state index in [9.17, 15) is 0 Å². The van der Waals surface area contributed by atoms with Gasteiger partial charge in [-0.15, -0.1) is 6.58 Å². The van der Waals surface area contributed by atoms with Gasteiger partial charge in [-0.25, -0.2) is 0 Å². The second-order valence-electron chi connectivity index (χ2n) is 4.59. The summed E-state index contributed by atoms with van der Waals surface area (Å²) in [6.45, 7) is 4.51. The van der Waals surface area contributed by atoms with Crippen molar-refractivity contribution in [3.63, 3.8) is 0 Å². The van der Waals surface area contributed by atoms with Gasteiger partial charge in [-0.3, -0.25) is 0 Å². The van der Waals surface area contributed by atoms with E-state index in [1.807, 2.05) is 54.6 Å².